The van der Waals surface area contributed by atoms with E-state index in [1.165, 1.54) is 17.7 Å². The molecule has 1 heterocycles. The van der Waals surface area contributed by atoms with Gasteiger partial charge in [-0.05, 0) is 61.7 Å². The van der Waals surface area contributed by atoms with Gasteiger partial charge in [-0.2, -0.15) is 0 Å². The molecule has 1 N–H and O–H groups in total. The molecular weight excluding hydrogens is 267 g/mol. The second-order valence-corrected chi connectivity index (χ2v) is 5.66. The Bertz CT molecular complexity index is 815. The van der Waals surface area contributed by atoms with Crippen molar-refractivity contribution >= 4 is 11.0 Å². The van der Waals surface area contributed by atoms with Crippen molar-refractivity contribution in [3.8, 4) is 0 Å². The van der Waals surface area contributed by atoms with Gasteiger partial charge in [0.1, 0.15) is 22.8 Å². The van der Waals surface area contributed by atoms with Crippen LogP contribution in [0.3, 0.4) is 0 Å². The monoisotopic (exact) mass is 284 g/mol. The fraction of sp³-hybridized carbons (Fsp3) is 0.222. The lowest BCUT2D eigenvalue weighted by Crippen LogP contribution is -2.22. The van der Waals surface area contributed by atoms with Crippen molar-refractivity contribution < 1.29 is 13.9 Å². The molecule has 0 radical (unpaired) electrons. The summed E-state index contributed by atoms with van der Waals surface area (Å²) in [7, 11) is 0. The van der Waals surface area contributed by atoms with Crippen LogP contribution < -0.4 is 0 Å². The quantitative estimate of drug-likeness (QED) is 0.754. The van der Waals surface area contributed by atoms with Gasteiger partial charge in [0.15, 0.2) is 0 Å². The number of halogens is 1. The molecule has 1 unspecified atom stereocenters. The molecule has 21 heavy (non-hydrogen) atoms. The molecule has 0 spiro atoms. The van der Waals surface area contributed by atoms with Gasteiger partial charge < -0.3 is 9.52 Å². The Morgan fingerprint density at radius 1 is 1.00 bits per heavy atom. The van der Waals surface area contributed by atoms with Gasteiger partial charge in [-0.1, -0.05) is 18.2 Å². The number of benzene rings is 2. The third-order valence-corrected chi connectivity index (χ3v) is 4.03. The molecule has 3 aromatic rings. The molecule has 0 saturated carbocycles. The minimum absolute atomic E-state index is 0.319. The first-order valence-electron chi connectivity index (χ1n) is 6.87. The van der Waals surface area contributed by atoms with Crippen molar-refractivity contribution in [2.45, 2.75) is 26.4 Å². The lowest BCUT2D eigenvalue weighted by molar-refractivity contribution is 0.0786. The summed E-state index contributed by atoms with van der Waals surface area (Å²) in [6.07, 6.45) is 0. The molecule has 0 saturated heterocycles. The maximum atomic E-state index is 13.3. The topological polar surface area (TPSA) is 33.4 Å². The summed E-state index contributed by atoms with van der Waals surface area (Å²) in [6, 6.07) is 11.8. The van der Waals surface area contributed by atoms with Gasteiger partial charge in [-0.25, -0.2) is 4.39 Å². The zero-order chi connectivity index (χ0) is 15.2. The van der Waals surface area contributed by atoms with Gasteiger partial charge in [-0.15, -0.1) is 0 Å². The second-order valence-electron chi connectivity index (χ2n) is 5.66. The number of aliphatic hydroxyl groups is 1. The highest BCUT2D eigenvalue weighted by Gasteiger charge is 2.30. The van der Waals surface area contributed by atoms with E-state index in [1.807, 2.05) is 32.0 Å². The Kier molecular flexibility index (Phi) is 3.10. The molecule has 0 amide bonds. The van der Waals surface area contributed by atoms with Gasteiger partial charge in [0.25, 0.3) is 0 Å². The number of fused-ring (bicyclic) bond motifs is 1. The number of aryl methyl sites for hydroxylation is 2. The summed E-state index contributed by atoms with van der Waals surface area (Å²) in [4.78, 5) is 0. The van der Waals surface area contributed by atoms with Crippen LogP contribution in [0.1, 0.15) is 29.4 Å². The van der Waals surface area contributed by atoms with E-state index in [0.717, 1.165) is 11.1 Å². The van der Waals surface area contributed by atoms with Gasteiger partial charge in [-0.3, -0.25) is 0 Å². The highest BCUT2D eigenvalue weighted by Crippen LogP contribution is 2.34. The Morgan fingerprint density at radius 3 is 2.48 bits per heavy atom. The molecule has 1 atom stereocenters. The lowest BCUT2D eigenvalue weighted by Gasteiger charge is -2.22. The van der Waals surface area contributed by atoms with Crippen molar-refractivity contribution in [3.05, 3.63) is 70.7 Å². The first-order valence-corrected chi connectivity index (χ1v) is 6.87. The van der Waals surface area contributed by atoms with Crippen LogP contribution in [0.15, 0.2) is 46.9 Å². The van der Waals surface area contributed by atoms with E-state index in [1.54, 1.807) is 19.1 Å². The largest absolute Gasteiger partial charge is 0.458 e. The van der Waals surface area contributed by atoms with Crippen molar-refractivity contribution in [1.29, 1.82) is 0 Å². The Labute approximate surface area is 122 Å². The van der Waals surface area contributed by atoms with Crippen molar-refractivity contribution in [2.75, 3.05) is 0 Å². The molecule has 0 bridgehead atoms. The van der Waals surface area contributed by atoms with E-state index in [4.69, 9.17) is 4.42 Å². The predicted molar refractivity (Wildman–Crippen MR) is 80.8 cm³/mol. The molecule has 2 aromatic carbocycles. The van der Waals surface area contributed by atoms with Gasteiger partial charge in [0.05, 0.1) is 0 Å². The van der Waals surface area contributed by atoms with Crippen LogP contribution in [0.4, 0.5) is 4.39 Å². The van der Waals surface area contributed by atoms with Crippen LogP contribution >= 0.6 is 0 Å². The summed E-state index contributed by atoms with van der Waals surface area (Å²) in [6.45, 7) is 5.71. The summed E-state index contributed by atoms with van der Waals surface area (Å²) in [5.74, 6) is 0.0898. The molecule has 0 aliphatic heterocycles. The molecule has 0 aliphatic rings. The van der Waals surface area contributed by atoms with Crippen molar-refractivity contribution in [1.82, 2.24) is 0 Å². The second kappa shape index (κ2) is 4.71. The summed E-state index contributed by atoms with van der Waals surface area (Å²) >= 11 is 0. The number of rotatable bonds is 2. The molecule has 1 aromatic heterocycles. The minimum atomic E-state index is -1.26. The maximum Gasteiger partial charge on any atom is 0.144 e. The third kappa shape index (κ3) is 2.34. The molecule has 3 rings (SSSR count). The van der Waals surface area contributed by atoms with E-state index in [9.17, 15) is 9.50 Å². The zero-order valence-electron chi connectivity index (χ0n) is 12.3. The van der Waals surface area contributed by atoms with E-state index < -0.39 is 5.60 Å². The zero-order valence-corrected chi connectivity index (χ0v) is 12.3. The average molecular weight is 284 g/mol. The number of hydrogen-bond acceptors (Lipinski definition) is 2. The normalized spacial score (nSPS) is 14.3. The SMILES string of the molecule is Cc1ccc(C(C)(O)c2cc3cc(F)ccc3o2)cc1C. The molecule has 2 nitrogen and oxygen atoms in total. The minimum Gasteiger partial charge on any atom is -0.458 e. The Balaban J connectivity index is 2.12. The van der Waals surface area contributed by atoms with Crippen molar-refractivity contribution in [2.24, 2.45) is 0 Å². The summed E-state index contributed by atoms with van der Waals surface area (Å²) in [5.41, 5.74) is 2.34. The molecule has 3 heteroatoms. The first kappa shape index (κ1) is 13.8. The maximum absolute atomic E-state index is 13.3. The summed E-state index contributed by atoms with van der Waals surface area (Å²) in [5, 5.41) is 11.5. The highest BCUT2D eigenvalue weighted by atomic mass is 19.1. The first-order chi connectivity index (χ1) is 9.88. The Hall–Kier alpha value is -2.13. The van der Waals surface area contributed by atoms with Gasteiger partial charge in [0, 0.05) is 5.39 Å². The fourth-order valence-corrected chi connectivity index (χ4v) is 2.44. The highest BCUT2D eigenvalue weighted by molar-refractivity contribution is 5.78. The van der Waals surface area contributed by atoms with Crippen LogP contribution in [-0.4, -0.2) is 5.11 Å². The number of hydrogen-bond donors (Lipinski definition) is 1. The van der Waals surface area contributed by atoms with E-state index in [0.29, 0.717) is 16.7 Å². The van der Waals surface area contributed by atoms with Gasteiger partial charge in [0.2, 0.25) is 0 Å². The van der Waals surface area contributed by atoms with Crippen LogP contribution in [-0.2, 0) is 5.60 Å². The van der Waals surface area contributed by atoms with E-state index in [2.05, 4.69) is 0 Å². The van der Waals surface area contributed by atoms with Crippen LogP contribution in [0, 0.1) is 19.7 Å². The predicted octanol–water partition coefficient (Wildman–Crippen LogP) is 4.44. The molecular formula is C18H17FO2. The average Bonchev–Trinajstić information content (AvgIpc) is 2.85. The van der Waals surface area contributed by atoms with Crippen LogP contribution in [0.25, 0.3) is 11.0 Å². The van der Waals surface area contributed by atoms with Gasteiger partial charge >= 0.3 is 0 Å². The third-order valence-electron chi connectivity index (χ3n) is 4.03. The van der Waals surface area contributed by atoms with Crippen LogP contribution in [0.2, 0.25) is 0 Å². The molecule has 0 fully saturated rings. The number of furan rings is 1. The van der Waals surface area contributed by atoms with Crippen molar-refractivity contribution in [3.63, 3.8) is 0 Å². The standard InChI is InChI=1S/C18H17FO2/c1-11-4-5-14(8-12(11)2)18(3,20)17-10-13-9-15(19)6-7-16(13)21-17/h4-10,20H,1-3H3. The fourth-order valence-electron chi connectivity index (χ4n) is 2.44. The summed E-state index contributed by atoms with van der Waals surface area (Å²) < 4.78 is 19.0. The Morgan fingerprint density at radius 2 is 1.76 bits per heavy atom. The van der Waals surface area contributed by atoms with E-state index in [-0.39, 0.29) is 5.82 Å². The lowest BCUT2D eigenvalue weighted by atomic mass is 9.91. The van der Waals surface area contributed by atoms with Crippen LogP contribution in [0.5, 0.6) is 0 Å². The molecule has 108 valence electrons. The molecule has 0 aliphatic carbocycles. The van der Waals surface area contributed by atoms with E-state index >= 15 is 0 Å². The smallest absolute Gasteiger partial charge is 0.144 e.